The lowest BCUT2D eigenvalue weighted by Gasteiger charge is -2.36. The van der Waals surface area contributed by atoms with Gasteiger partial charge in [0, 0.05) is 4.90 Å². The van der Waals surface area contributed by atoms with Crippen molar-refractivity contribution in [3.63, 3.8) is 0 Å². The van der Waals surface area contributed by atoms with E-state index < -0.39 is 0 Å². The molecule has 2 nitrogen and oxygen atoms in total. The van der Waals surface area contributed by atoms with Crippen LogP contribution < -0.4 is 0 Å². The number of halogens is 1. The molecule has 1 fully saturated rings. The molecule has 0 aliphatic heterocycles. The van der Waals surface area contributed by atoms with Crippen molar-refractivity contribution in [3.8, 4) is 5.69 Å². The molecule has 152 valence electrons. The molecule has 5 rings (SSSR count). The third kappa shape index (κ3) is 3.43. The van der Waals surface area contributed by atoms with E-state index in [2.05, 4.69) is 48.9 Å². The van der Waals surface area contributed by atoms with Crippen LogP contribution in [-0.2, 0) is 6.42 Å². The number of hydrogen-bond donors (Lipinski definition) is 0. The Morgan fingerprint density at radius 3 is 2.73 bits per heavy atom. The topological polar surface area (TPSA) is 17.8 Å². The molecule has 0 spiro atoms. The van der Waals surface area contributed by atoms with Crippen molar-refractivity contribution in [2.45, 2.75) is 37.5 Å². The highest BCUT2D eigenvalue weighted by atomic mass is 32.2. The summed E-state index contributed by atoms with van der Waals surface area (Å²) in [6.07, 6.45) is 8.68. The second-order valence-corrected chi connectivity index (χ2v) is 9.85. The van der Waals surface area contributed by atoms with Crippen LogP contribution in [0.3, 0.4) is 0 Å². The van der Waals surface area contributed by atoms with Crippen LogP contribution in [0.1, 0.15) is 37.4 Å². The zero-order chi connectivity index (χ0) is 20.7. The minimum absolute atomic E-state index is 0.157. The average molecular weight is 417 g/mol. The van der Waals surface area contributed by atoms with Gasteiger partial charge >= 0.3 is 0 Å². The summed E-state index contributed by atoms with van der Waals surface area (Å²) >= 11 is 1.80. The molecule has 2 atom stereocenters. The molecule has 3 aromatic rings. The summed E-state index contributed by atoms with van der Waals surface area (Å²) in [5, 5.41) is 4.63. The molecule has 2 aliphatic carbocycles. The molecule has 0 radical (unpaired) electrons. The molecule has 0 amide bonds. The summed E-state index contributed by atoms with van der Waals surface area (Å²) in [6, 6.07) is 17.1. The zero-order valence-corrected chi connectivity index (χ0v) is 18.0. The maximum absolute atomic E-state index is 13.3. The van der Waals surface area contributed by atoms with Gasteiger partial charge in [-0.2, -0.15) is 5.10 Å². The number of benzene rings is 2. The van der Waals surface area contributed by atoms with E-state index in [0.717, 1.165) is 30.6 Å². The molecule has 2 aromatic carbocycles. The van der Waals surface area contributed by atoms with Crippen molar-refractivity contribution in [2.75, 3.05) is 0 Å². The predicted octanol–water partition coefficient (Wildman–Crippen LogP) is 7.06. The number of thioether (sulfide) groups is 1. The number of aromatic nitrogens is 2. The van der Waals surface area contributed by atoms with Crippen molar-refractivity contribution < 1.29 is 4.39 Å². The molecule has 1 heterocycles. The molecule has 2 aliphatic rings. The SMILES string of the molecule is C=C(CC1CCC2=Cc3c(cnn3-c3ccc(F)cc3)CC21C)Sc1ccccc1. The van der Waals surface area contributed by atoms with Gasteiger partial charge in [0.25, 0.3) is 0 Å². The zero-order valence-electron chi connectivity index (χ0n) is 17.1. The molecule has 1 saturated carbocycles. The Bertz CT molecular complexity index is 1110. The summed E-state index contributed by atoms with van der Waals surface area (Å²) < 4.78 is 15.3. The molecule has 30 heavy (non-hydrogen) atoms. The Labute approximate surface area is 181 Å². The Morgan fingerprint density at radius 1 is 1.20 bits per heavy atom. The van der Waals surface area contributed by atoms with Crippen LogP contribution >= 0.6 is 11.8 Å². The molecular weight excluding hydrogens is 391 g/mol. The highest BCUT2D eigenvalue weighted by molar-refractivity contribution is 8.03. The van der Waals surface area contributed by atoms with E-state index in [-0.39, 0.29) is 11.2 Å². The van der Waals surface area contributed by atoms with Crippen LogP contribution in [-0.4, -0.2) is 9.78 Å². The fourth-order valence-electron chi connectivity index (χ4n) is 5.02. The molecule has 2 unspecified atom stereocenters. The summed E-state index contributed by atoms with van der Waals surface area (Å²) in [7, 11) is 0. The van der Waals surface area contributed by atoms with Crippen molar-refractivity contribution in [1.82, 2.24) is 9.78 Å². The van der Waals surface area contributed by atoms with E-state index >= 15 is 0 Å². The monoisotopic (exact) mass is 416 g/mol. The van der Waals surface area contributed by atoms with Gasteiger partial charge in [-0.1, -0.05) is 49.0 Å². The highest BCUT2D eigenvalue weighted by Crippen LogP contribution is 2.55. The molecule has 0 bridgehead atoms. The van der Waals surface area contributed by atoms with Gasteiger partial charge in [-0.3, -0.25) is 0 Å². The van der Waals surface area contributed by atoms with Crippen molar-refractivity contribution >= 4 is 17.8 Å². The first-order valence-corrected chi connectivity index (χ1v) is 11.3. The van der Waals surface area contributed by atoms with Crippen LogP contribution in [0.4, 0.5) is 4.39 Å². The standard InChI is InChI=1S/C26H25FN2S/c1-18(30-24-6-4-3-5-7-24)14-20-8-9-21-15-25-19(16-26(20,21)2)17-28-29(25)23-12-10-22(27)11-13-23/h3-7,10-13,15,17,20H,1,8-9,14,16H2,2H3. The lowest BCUT2D eigenvalue weighted by atomic mass is 9.69. The maximum Gasteiger partial charge on any atom is 0.123 e. The van der Waals surface area contributed by atoms with Gasteiger partial charge in [0.1, 0.15) is 5.82 Å². The van der Waals surface area contributed by atoms with Crippen LogP contribution in [0.5, 0.6) is 0 Å². The quantitative estimate of drug-likeness (QED) is 0.414. The summed E-state index contributed by atoms with van der Waals surface area (Å²) in [5.41, 5.74) is 5.00. The Hall–Kier alpha value is -2.59. The second-order valence-electron chi connectivity index (χ2n) is 8.60. The van der Waals surface area contributed by atoms with E-state index in [1.165, 1.54) is 39.5 Å². The van der Waals surface area contributed by atoms with Crippen LogP contribution in [0.25, 0.3) is 11.8 Å². The summed E-state index contributed by atoms with van der Waals surface area (Å²) in [4.78, 5) is 2.49. The Kier molecular flexibility index (Phi) is 4.90. The van der Waals surface area contributed by atoms with Gasteiger partial charge in [-0.05, 0) is 90.0 Å². The third-order valence-electron chi connectivity index (χ3n) is 6.70. The maximum atomic E-state index is 13.3. The van der Waals surface area contributed by atoms with Crippen molar-refractivity contribution in [2.24, 2.45) is 11.3 Å². The van der Waals surface area contributed by atoms with Gasteiger partial charge in [0.15, 0.2) is 0 Å². The molecular formula is C26H25FN2S. The average Bonchev–Trinajstić information content (AvgIpc) is 3.28. The molecule has 1 aromatic heterocycles. The fraction of sp³-hybridized carbons (Fsp3) is 0.269. The number of hydrogen-bond acceptors (Lipinski definition) is 2. The van der Waals surface area contributed by atoms with Gasteiger partial charge in [0.2, 0.25) is 0 Å². The normalized spacial score (nSPS) is 22.3. The van der Waals surface area contributed by atoms with E-state index in [9.17, 15) is 4.39 Å². The first kappa shape index (κ1) is 19.4. The van der Waals surface area contributed by atoms with Crippen LogP contribution in [0.15, 0.2) is 82.7 Å². The molecule has 4 heteroatoms. The van der Waals surface area contributed by atoms with Crippen LogP contribution in [0, 0.1) is 17.2 Å². The third-order valence-corrected chi connectivity index (χ3v) is 7.67. The fourth-order valence-corrected chi connectivity index (χ4v) is 5.93. The van der Waals surface area contributed by atoms with E-state index in [1.807, 2.05) is 16.9 Å². The molecule has 0 saturated heterocycles. The number of allylic oxidation sites excluding steroid dienone is 2. The number of fused-ring (bicyclic) bond motifs is 2. The lowest BCUT2D eigenvalue weighted by Crippen LogP contribution is -2.29. The van der Waals surface area contributed by atoms with E-state index in [0.29, 0.717) is 5.92 Å². The number of rotatable bonds is 5. The van der Waals surface area contributed by atoms with Crippen molar-refractivity contribution in [1.29, 1.82) is 0 Å². The van der Waals surface area contributed by atoms with E-state index in [4.69, 9.17) is 0 Å². The summed E-state index contributed by atoms with van der Waals surface area (Å²) in [6.45, 7) is 6.79. The minimum Gasteiger partial charge on any atom is -0.233 e. The molecule has 0 N–H and O–H groups in total. The summed E-state index contributed by atoms with van der Waals surface area (Å²) in [5.74, 6) is 0.368. The Morgan fingerprint density at radius 2 is 1.97 bits per heavy atom. The first-order valence-electron chi connectivity index (χ1n) is 10.5. The number of nitrogens with zero attached hydrogens (tertiary/aromatic N) is 2. The minimum atomic E-state index is -0.224. The van der Waals surface area contributed by atoms with Gasteiger partial charge in [0.05, 0.1) is 17.6 Å². The predicted molar refractivity (Wildman–Crippen MR) is 122 cm³/mol. The first-order chi connectivity index (χ1) is 14.5. The van der Waals surface area contributed by atoms with Crippen LogP contribution in [0.2, 0.25) is 0 Å². The lowest BCUT2D eigenvalue weighted by molar-refractivity contribution is 0.272. The highest BCUT2D eigenvalue weighted by Gasteiger charge is 2.45. The van der Waals surface area contributed by atoms with Gasteiger partial charge in [-0.25, -0.2) is 9.07 Å². The Balaban J connectivity index is 1.37. The largest absolute Gasteiger partial charge is 0.233 e. The van der Waals surface area contributed by atoms with Gasteiger partial charge < -0.3 is 0 Å². The van der Waals surface area contributed by atoms with E-state index in [1.54, 1.807) is 23.9 Å². The van der Waals surface area contributed by atoms with Gasteiger partial charge in [-0.15, -0.1) is 0 Å². The second kappa shape index (κ2) is 7.59. The van der Waals surface area contributed by atoms with Crippen molar-refractivity contribution in [3.05, 3.63) is 94.9 Å². The smallest absolute Gasteiger partial charge is 0.123 e.